The van der Waals surface area contributed by atoms with Crippen molar-refractivity contribution >= 4 is 23.1 Å². The minimum absolute atomic E-state index is 0.0894. The van der Waals surface area contributed by atoms with Crippen LogP contribution in [0.1, 0.15) is 16.1 Å². The first kappa shape index (κ1) is 16.8. The number of hydrogen-bond acceptors (Lipinski definition) is 7. The number of nitrogens with one attached hydrogen (secondary N) is 2. The highest BCUT2D eigenvalue weighted by molar-refractivity contribution is 7.13. The average molecular weight is 384 g/mol. The number of thiophene rings is 1. The van der Waals surface area contributed by atoms with E-state index in [2.05, 4.69) is 15.5 Å². The van der Waals surface area contributed by atoms with Crippen LogP contribution in [0.25, 0.3) is 10.6 Å². The van der Waals surface area contributed by atoms with E-state index in [1.54, 1.807) is 18.2 Å². The van der Waals surface area contributed by atoms with Crippen LogP contribution in [-0.2, 0) is 6.54 Å². The summed E-state index contributed by atoms with van der Waals surface area (Å²) in [5, 5.41) is 8.23. The fourth-order valence-corrected chi connectivity index (χ4v) is 3.11. The third-order valence-electron chi connectivity index (χ3n) is 3.72. The van der Waals surface area contributed by atoms with Gasteiger partial charge in [-0.2, -0.15) is 0 Å². The van der Waals surface area contributed by atoms with Gasteiger partial charge < -0.3 is 13.9 Å². The van der Waals surface area contributed by atoms with Crippen LogP contribution in [0.3, 0.4) is 0 Å². The van der Waals surface area contributed by atoms with Crippen molar-refractivity contribution in [1.29, 1.82) is 0 Å². The highest BCUT2D eigenvalue weighted by Gasteiger charge is 2.18. The maximum atomic E-state index is 12.5. The molecule has 4 rings (SSSR count). The van der Waals surface area contributed by atoms with Crippen LogP contribution in [0.15, 0.2) is 66.7 Å². The molecule has 0 saturated heterocycles. The molecule has 0 spiro atoms. The third-order valence-corrected chi connectivity index (χ3v) is 4.61. The number of hydrogen-bond donors (Lipinski definition) is 2. The molecule has 0 saturated carbocycles. The van der Waals surface area contributed by atoms with Crippen LogP contribution >= 0.6 is 11.3 Å². The lowest BCUT2D eigenvalue weighted by Gasteiger charge is -2.05. The Morgan fingerprint density at radius 1 is 1.30 bits per heavy atom. The van der Waals surface area contributed by atoms with Gasteiger partial charge in [0.05, 0.1) is 17.7 Å². The van der Waals surface area contributed by atoms with E-state index < -0.39 is 17.2 Å². The number of rotatable bonds is 5. The molecule has 0 radical (unpaired) electrons. The SMILES string of the molecule is O=C(Nc1cc(-c2cccs2)no1)c1c[nH]c(=O)n(Cc2ccco2)c1=O. The zero-order chi connectivity index (χ0) is 18.8. The van der Waals surface area contributed by atoms with Crippen LogP contribution in [0, 0.1) is 0 Å². The number of nitrogens with zero attached hydrogens (tertiary/aromatic N) is 2. The van der Waals surface area contributed by atoms with E-state index in [9.17, 15) is 14.4 Å². The molecule has 0 aromatic carbocycles. The quantitative estimate of drug-likeness (QED) is 0.543. The third kappa shape index (κ3) is 3.37. The van der Waals surface area contributed by atoms with Crippen molar-refractivity contribution in [3.63, 3.8) is 0 Å². The molecule has 0 bridgehead atoms. The molecule has 0 atom stereocenters. The van der Waals surface area contributed by atoms with E-state index in [1.165, 1.54) is 17.6 Å². The fourth-order valence-electron chi connectivity index (χ4n) is 2.43. The Morgan fingerprint density at radius 2 is 2.19 bits per heavy atom. The zero-order valence-electron chi connectivity index (χ0n) is 13.7. The predicted octanol–water partition coefficient (Wildman–Crippen LogP) is 2.15. The van der Waals surface area contributed by atoms with E-state index in [4.69, 9.17) is 8.94 Å². The lowest BCUT2D eigenvalue weighted by atomic mass is 10.3. The molecule has 0 aliphatic carbocycles. The summed E-state index contributed by atoms with van der Waals surface area (Å²) in [6.45, 7) is -0.0902. The molecular weight excluding hydrogens is 372 g/mol. The first-order chi connectivity index (χ1) is 13.1. The fraction of sp³-hybridized carbons (Fsp3) is 0.0588. The summed E-state index contributed by atoms with van der Waals surface area (Å²) in [6.07, 6.45) is 2.50. The van der Waals surface area contributed by atoms with E-state index in [-0.39, 0.29) is 18.0 Å². The van der Waals surface area contributed by atoms with Crippen molar-refractivity contribution < 1.29 is 13.7 Å². The van der Waals surface area contributed by atoms with Gasteiger partial charge in [0, 0.05) is 12.3 Å². The van der Waals surface area contributed by atoms with Crippen LogP contribution in [-0.4, -0.2) is 20.6 Å². The first-order valence-electron chi connectivity index (χ1n) is 7.78. The summed E-state index contributed by atoms with van der Waals surface area (Å²) in [7, 11) is 0. The van der Waals surface area contributed by atoms with Gasteiger partial charge in [0.2, 0.25) is 5.88 Å². The summed E-state index contributed by atoms with van der Waals surface area (Å²) in [4.78, 5) is 40.2. The Morgan fingerprint density at radius 3 is 2.93 bits per heavy atom. The van der Waals surface area contributed by atoms with Crippen LogP contribution < -0.4 is 16.6 Å². The number of aromatic amines is 1. The van der Waals surface area contributed by atoms with Gasteiger partial charge in [0.15, 0.2) is 0 Å². The van der Waals surface area contributed by atoms with Crippen molar-refractivity contribution in [2.75, 3.05) is 5.32 Å². The maximum Gasteiger partial charge on any atom is 0.328 e. The molecule has 10 heteroatoms. The molecule has 4 aromatic heterocycles. The second kappa shape index (κ2) is 6.92. The molecule has 0 unspecified atom stereocenters. The molecule has 27 heavy (non-hydrogen) atoms. The predicted molar refractivity (Wildman–Crippen MR) is 96.9 cm³/mol. The Hall–Kier alpha value is -3.66. The van der Waals surface area contributed by atoms with Gasteiger partial charge in [-0.1, -0.05) is 11.2 Å². The summed E-state index contributed by atoms with van der Waals surface area (Å²) in [5.74, 6) is -0.221. The first-order valence-corrected chi connectivity index (χ1v) is 8.66. The lowest BCUT2D eigenvalue weighted by molar-refractivity contribution is 0.102. The van der Waals surface area contributed by atoms with Crippen LogP contribution in [0.4, 0.5) is 5.88 Å². The molecule has 4 aromatic rings. The number of amides is 1. The van der Waals surface area contributed by atoms with E-state index >= 15 is 0 Å². The van der Waals surface area contributed by atoms with Crippen molar-refractivity contribution in [2.45, 2.75) is 6.54 Å². The number of furan rings is 1. The summed E-state index contributed by atoms with van der Waals surface area (Å²) < 4.78 is 11.1. The lowest BCUT2D eigenvalue weighted by Crippen LogP contribution is -2.39. The topological polar surface area (TPSA) is 123 Å². The molecule has 4 heterocycles. The minimum atomic E-state index is -0.745. The number of anilines is 1. The summed E-state index contributed by atoms with van der Waals surface area (Å²) in [6, 6.07) is 8.55. The molecule has 1 amide bonds. The highest BCUT2D eigenvalue weighted by Crippen LogP contribution is 2.25. The van der Waals surface area contributed by atoms with Crippen molar-refractivity contribution in [1.82, 2.24) is 14.7 Å². The molecule has 0 aliphatic heterocycles. The Balaban J connectivity index is 1.59. The van der Waals surface area contributed by atoms with Gasteiger partial charge in [-0.05, 0) is 23.6 Å². The standard InChI is InChI=1S/C17H12N4O5S/c22-15(19-14-7-12(20-26-14)13-4-2-6-27-13)11-8-18-17(24)21(16(11)23)9-10-3-1-5-25-10/h1-8H,9H2,(H,18,24)(H,19,22). The largest absolute Gasteiger partial charge is 0.467 e. The maximum absolute atomic E-state index is 12.5. The second-order valence-corrected chi connectivity index (χ2v) is 6.43. The van der Waals surface area contributed by atoms with Gasteiger partial charge >= 0.3 is 5.69 Å². The van der Waals surface area contributed by atoms with Crippen LogP contribution in [0.5, 0.6) is 0 Å². The van der Waals surface area contributed by atoms with E-state index in [0.717, 1.165) is 15.6 Å². The van der Waals surface area contributed by atoms with E-state index in [0.29, 0.717) is 11.5 Å². The van der Waals surface area contributed by atoms with Crippen molar-refractivity contribution in [2.24, 2.45) is 0 Å². The monoisotopic (exact) mass is 384 g/mol. The average Bonchev–Trinajstić information content (AvgIpc) is 3.40. The molecular formula is C17H12N4O5S. The normalized spacial score (nSPS) is 10.8. The number of H-pyrrole nitrogens is 1. The molecule has 9 nitrogen and oxygen atoms in total. The Kier molecular flexibility index (Phi) is 4.30. The zero-order valence-corrected chi connectivity index (χ0v) is 14.5. The summed E-state index contributed by atoms with van der Waals surface area (Å²) in [5.41, 5.74) is -1.06. The van der Waals surface area contributed by atoms with Gasteiger partial charge in [0.1, 0.15) is 17.0 Å². The molecule has 2 N–H and O–H groups in total. The summed E-state index contributed by atoms with van der Waals surface area (Å²) >= 11 is 1.48. The van der Waals surface area contributed by atoms with Gasteiger partial charge in [0.25, 0.3) is 11.5 Å². The molecule has 0 fully saturated rings. The number of carbonyl (C=O) groups excluding carboxylic acids is 1. The molecule has 0 aliphatic rings. The number of aromatic nitrogens is 3. The van der Waals surface area contributed by atoms with Gasteiger partial charge in [-0.3, -0.25) is 19.5 Å². The highest BCUT2D eigenvalue weighted by atomic mass is 32.1. The van der Waals surface area contributed by atoms with Gasteiger partial charge in [-0.25, -0.2) is 4.79 Å². The second-order valence-electron chi connectivity index (χ2n) is 5.49. The van der Waals surface area contributed by atoms with Crippen molar-refractivity contribution in [3.05, 3.63) is 80.3 Å². The molecule has 136 valence electrons. The number of carbonyl (C=O) groups is 1. The smallest absolute Gasteiger partial charge is 0.328 e. The van der Waals surface area contributed by atoms with Gasteiger partial charge in [-0.15, -0.1) is 11.3 Å². The Bertz CT molecular complexity index is 1180. The Labute approximate surface area is 154 Å². The van der Waals surface area contributed by atoms with Crippen LogP contribution in [0.2, 0.25) is 0 Å². The minimum Gasteiger partial charge on any atom is -0.467 e. The van der Waals surface area contributed by atoms with Crippen molar-refractivity contribution in [3.8, 4) is 10.6 Å². The van der Waals surface area contributed by atoms with E-state index in [1.807, 2.05) is 17.5 Å².